The summed E-state index contributed by atoms with van der Waals surface area (Å²) in [5, 5.41) is 2.94. The first-order valence-electron chi connectivity index (χ1n) is 7.17. The van der Waals surface area contributed by atoms with Gasteiger partial charge in [0.1, 0.15) is 5.82 Å². The number of halogens is 1. The molecule has 0 aliphatic rings. The summed E-state index contributed by atoms with van der Waals surface area (Å²) >= 11 is 4.98. The Labute approximate surface area is 151 Å². The maximum atomic E-state index is 13.9. The number of rotatable bonds is 6. The molecule has 0 radical (unpaired) electrons. The van der Waals surface area contributed by atoms with Crippen molar-refractivity contribution in [2.45, 2.75) is 17.9 Å². The predicted octanol–water partition coefficient (Wildman–Crippen LogP) is 0.220. The van der Waals surface area contributed by atoms with E-state index in [1.165, 1.54) is 21.2 Å². The number of nitrogens with one attached hydrogen (secondary N) is 3. The molecule has 1 aromatic carbocycles. The first-order chi connectivity index (χ1) is 11.6. The first kappa shape index (κ1) is 21.2. The Kier molecular flexibility index (Phi) is 7.67. The lowest BCUT2D eigenvalue weighted by Crippen LogP contribution is -2.50. The van der Waals surface area contributed by atoms with Crippen LogP contribution in [0.25, 0.3) is 0 Å². The normalized spacial score (nSPS) is 12.6. The minimum Gasteiger partial charge on any atom is -0.383 e. The molecule has 1 rings (SSSR count). The van der Waals surface area contributed by atoms with Crippen molar-refractivity contribution in [2.24, 2.45) is 0 Å². The van der Waals surface area contributed by atoms with Crippen LogP contribution in [0.4, 0.5) is 4.39 Å². The van der Waals surface area contributed by atoms with Gasteiger partial charge in [-0.15, -0.1) is 0 Å². The fourth-order valence-corrected chi connectivity index (χ4v) is 2.96. The maximum absolute atomic E-state index is 13.9. The Morgan fingerprint density at radius 1 is 1.36 bits per heavy atom. The average Bonchev–Trinajstić information content (AvgIpc) is 2.52. The maximum Gasteiger partial charge on any atom is 0.272 e. The van der Waals surface area contributed by atoms with Crippen molar-refractivity contribution in [3.05, 3.63) is 29.6 Å². The molecule has 140 valence electrons. The Balaban J connectivity index is 2.84. The van der Waals surface area contributed by atoms with E-state index in [-0.39, 0.29) is 16.0 Å². The quantitative estimate of drug-likeness (QED) is 0.470. The Morgan fingerprint density at radius 3 is 2.56 bits per heavy atom. The van der Waals surface area contributed by atoms with E-state index in [0.29, 0.717) is 6.61 Å². The van der Waals surface area contributed by atoms with E-state index >= 15 is 0 Å². The van der Waals surface area contributed by atoms with Crippen LogP contribution in [0.15, 0.2) is 23.1 Å². The van der Waals surface area contributed by atoms with E-state index in [1.54, 1.807) is 0 Å². The van der Waals surface area contributed by atoms with Crippen molar-refractivity contribution in [1.82, 2.24) is 20.5 Å². The third-order valence-corrected chi connectivity index (χ3v) is 5.08. The van der Waals surface area contributed by atoms with Crippen LogP contribution in [0.5, 0.6) is 0 Å². The molecule has 25 heavy (non-hydrogen) atoms. The molecule has 11 heteroatoms. The number of hydrogen-bond acceptors (Lipinski definition) is 5. The molecule has 3 N–H and O–H groups in total. The second kappa shape index (κ2) is 9.04. The number of ether oxygens (including phenoxy) is 1. The summed E-state index contributed by atoms with van der Waals surface area (Å²) in [7, 11) is 0.424. The van der Waals surface area contributed by atoms with E-state index in [9.17, 15) is 17.6 Å². The molecule has 0 spiro atoms. The lowest BCUT2D eigenvalue weighted by molar-refractivity contribution is 0.0939. The van der Waals surface area contributed by atoms with Crippen molar-refractivity contribution in [2.75, 3.05) is 27.8 Å². The standard InChI is InChI=1S/C14H21FN4O4S2/c1-9(8-23-4)16-14(24)18-17-13(20)11-7-10(5-6-12(11)15)25(21,22)19(2)3/h5-7,9H,8H2,1-4H3,(H,17,20)(H2,16,18,24)/t9-/m1/s1. The highest BCUT2D eigenvalue weighted by Gasteiger charge is 2.21. The van der Waals surface area contributed by atoms with Gasteiger partial charge in [0.05, 0.1) is 17.1 Å². The third-order valence-electron chi connectivity index (χ3n) is 3.04. The molecular weight excluding hydrogens is 371 g/mol. The van der Waals surface area contributed by atoms with Crippen LogP contribution in [-0.2, 0) is 14.8 Å². The molecule has 1 atom stereocenters. The monoisotopic (exact) mass is 392 g/mol. The molecule has 0 aliphatic heterocycles. The third kappa shape index (κ3) is 5.88. The predicted molar refractivity (Wildman–Crippen MR) is 94.9 cm³/mol. The number of hydrogen-bond donors (Lipinski definition) is 3. The van der Waals surface area contributed by atoms with Crippen LogP contribution in [0, 0.1) is 5.82 Å². The summed E-state index contributed by atoms with van der Waals surface area (Å²) in [4.78, 5) is 11.9. The van der Waals surface area contributed by atoms with Crippen molar-refractivity contribution in [3.8, 4) is 0 Å². The SMILES string of the molecule is COC[C@@H](C)NC(=S)NNC(=O)c1cc(S(=O)(=O)N(C)C)ccc1F. The number of amides is 1. The summed E-state index contributed by atoms with van der Waals surface area (Å²) in [5.41, 5.74) is 4.20. The van der Waals surface area contributed by atoms with Gasteiger partial charge in [0, 0.05) is 27.2 Å². The van der Waals surface area contributed by atoms with E-state index < -0.39 is 27.3 Å². The van der Waals surface area contributed by atoms with E-state index in [0.717, 1.165) is 22.5 Å². The van der Waals surface area contributed by atoms with E-state index in [2.05, 4.69) is 16.2 Å². The number of hydrazine groups is 1. The van der Waals surface area contributed by atoms with E-state index in [1.807, 2.05) is 6.92 Å². The zero-order valence-electron chi connectivity index (χ0n) is 14.3. The van der Waals surface area contributed by atoms with Crippen molar-refractivity contribution < 1.29 is 22.3 Å². The number of nitrogens with zero attached hydrogens (tertiary/aromatic N) is 1. The molecule has 1 amide bonds. The Bertz CT molecular complexity index is 740. The second-order valence-corrected chi connectivity index (χ2v) is 7.90. The lowest BCUT2D eigenvalue weighted by Gasteiger charge is -2.17. The van der Waals surface area contributed by atoms with Gasteiger partial charge in [-0.05, 0) is 37.3 Å². The van der Waals surface area contributed by atoms with Crippen molar-refractivity contribution in [1.29, 1.82) is 0 Å². The van der Waals surface area contributed by atoms with Gasteiger partial charge in [0.2, 0.25) is 10.0 Å². The van der Waals surface area contributed by atoms with Gasteiger partial charge in [0.25, 0.3) is 5.91 Å². The summed E-state index contributed by atoms with van der Waals surface area (Å²) in [6, 6.07) is 2.87. The lowest BCUT2D eigenvalue weighted by atomic mass is 10.2. The number of sulfonamides is 1. The highest BCUT2D eigenvalue weighted by Crippen LogP contribution is 2.17. The van der Waals surface area contributed by atoms with Crippen LogP contribution in [0.3, 0.4) is 0 Å². The molecule has 1 aromatic rings. The zero-order chi connectivity index (χ0) is 19.2. The molecule has 0 heterocycles. The highest BCUT2D eigenvalue weighted by atomic mass is 32.2. The minimum atomic E-state index is -3.79. The van der Waals surface area contributed by atoms with Gasteiger partial charge in [-0.25, -0.2) is 17.1 Å². The van der Waals surface area contributed by atoms with Gasteiger partial charge in [-0.3, -0.25) is 15.6 Å². The number of carbonyl (C=O) groups excluding carboxylic acids is 1. The fourth-order valence-electron chi connectivity index (χ4n) is 1.78. The van der Waals surface area contributed by atoms with Gasteiger partial charge < -0.3 is 10.1 Å². The Morgan fingerprint density at radius 2 is 2.00 bits per heavy atom. The number of thiocarbonyl (C=S) groups is 1. The van der Waals surface area contributed by atoms with Crippen LogP contribution in [-0.4, -0.2) is 57.6 Å². The number of methoxy groups -OCH3 is 1. The molecule has 0 saturated heterocycles. The van der Waals surface area contributed by atoms with Gasteiger partial charge in [-0.2, -0.15) is 0 Å². The second-order valence-electron chi connectivity index (χ2n) is 5.34. The summed E-state index contributed by atoms with van der Waals surface area (Å²) in [6.07, 6.45) is 0. The number of carbonyl (C=O) groups is 1. The Hall–Kier alpha value is -1.82. The summed E-state index contributed by atoms with van der Waals surface area (Å²) < 4.78 is 43.9. The van der Waals surface area contributed by atoms with Crippen molar-refractivity contribution in [3.63, 3.8) is 0 Å². The molecule has 8 nitrogen and oxygen atoms in total. The van der Waals surface area contributed by atoms with Gasteiger partial charge in [0.15, 0.2) is 5.11 Å². The van der Waals surface area contributed by atoms with E-state index in [4.69, 9.17) is 17.0 Å². The summed E-state index contributed by atoms with van der Waals surface area (Å²) in [5.74, 6) is -1.72. The molecule has 0 saturated carbocycles. The van der Waals surface area contributed by atoms with Crippen molar-refractivity contribution >= 4 is 33.3 Å². The highest BCUT2D eigenvalue weighted by molar-refractivity contribution is 7.89. The van der Waals surface area contributed by atoms with Crippen LogP contribution < -0.4 is 16.2 Å². The number of benzene rings is 1. The average molecular weight is 392 g/mol. The minimum absolute atomic E-state index is 0.104. The van der Waals surface area contributed by atoms with Gasteiger partial charge >= 0.3 is 0 Å². The molecule has 0 bridgehead atoms. The van der Waals surface area contributed by atoms with Crippen LogP contribution >= 0.6 is 12.2 Å². The smallest absolute Gasteiger partial charge is 0.272 e. The molecule has 0 fully saturated rings. The summed E-state index contributed by atoms with van der Waals surface area (Å²) in [6.45, 7) is 2.21. The zero-order valence-corrected chi connectivity index (χ0v) is 15.9. The molecule has 0 aromatic heterocycles. The molecule has 0 aliphatic carbocycles. The first-order valence-corrected chi connectivity index (χ1v) is 9.02. The fraction of sp³-hybridized carbons (Fsp3) is 0.429. The molecule has 0 unspecified atom stereocenters. The molecular formula is C14H21FN4O4S2. The topological polar surface area (TPSA) is 99.8 Å². The van der Waals surface area contributed by atoms with Crippen LogP contribution in [0.2, 0.25) is 0 Å². The van der Waals surface area contributed by atoms with Crippen LogP contribution in [0.1, 0.15) is 17.3 Å². The largest absolute Gasteiger partial charge is 0.383 e. The van der Waals surface area contributed by atoms with Gasteiger partial charge in [-0.1, -0.05) is 0 Å².